The minimum absolute atomic E-state index is 0.0792. The Balaban J connectivity index is 1.22. The molecule has 5 aliphatic rings. The molecule has 4 saturated heterocycles. The first-order chi connectivity index (χ1) is 19.1. The highest BCUT2D eigenvalue weighted by atomic mass is 19.1. The summed E-state index contributed by atoms with van der Waals surface area (Å²) in [4.78, 5) is 19.3. The molecular weight excluding hydrogens is 491 g/mol. The molecule has 0 saturated carbocycles. The number of fused-ring (bicyclic) bond motifs is 5. The number of piperazine rings is 1. The summed E-state index contributed by atoms with van der Waals surface area (Å²) in [6.45, 7) is 6.80. The Morgan fingerprint density at radius 1 is 1.08 bits per heavy atom. The number of halogens is 1. The molecule has 4 aliphatic heterocycles. The summed E-state index contributed by atoms with van der Waals surface area (Å²) in [5.41, 5.74) is 4.22. The summed E-state index contributed by atoms with van der Waals surface area (Å²) >= 11 is 0. The van der Waals surface area contributed by atoms with Gasteiger partial charge in [-0.3, -0.25) is 9.88 Å². The van der Waals surface area contributed by atoms with Crippen LogP contribution in [0.3, 0.4) is 0 Å². The standard InChI is InChI=1S/C31H37FN6O/c1-19-7-10-23-22(19)5-2-6-24(23)27-26(32)28-25(15-33-27)29(37-16-20-8-9-21(17-37)34-20)36-30(35-28)39-18-31-11-3-13-38(31)14-4-12-31/h2,5-6,15,19-21,34H,3-4,7-14,16-18H2,1H3. The molecule has 8 rings (SSSR count). The van der Waals surface area contributed by atoms with Crippen molar-refractivity contribution < 1.29 is 9.13 Å². The van der Waals surface area contributed by atoms with Crippen LogP contribution in [0.2, 0.25) is 0 Å². The Morgan fingerprint density at radius 2 is 1.87 bits per heavy atom. The SMILES string of the molecule is CC1CCc2c(-c3ncc4c(N5CC6CCC(C5)N6)nc(OCC56CCCN5CCC6)nc4c3F)cccc21. The number of rotatable bonds is 5. The Hall–Kier alpha value is -2.84. The van der Waals surface area contributed by atoms with E-state index >= 15 is 4.39 Å². The van der Waals surface area contributed by atoms with Crippen LogP contribution in [0, 0.1) is 5.82 Å². The van der Waals surface area contributed by atoms with Crippen LogP contribution in [0.5, 0.6) is 6.01 Å². The Kier molecular flexibility index (Phi) is 5.60. The lowest BCUT2D eigenvalue weighted by Crippen LogP contribution is -2.51. The third kappa shape index (κ3) is 3.85. The van der Waals surface area contributed by atoms with Gasteiger partial charge >= 0.3 is 6.01 Å². The highest BCUT2D eigenvalue weighted by Gasteiger charge is 2.45. The van der Waals surface area contributed by atoms with Crippen molar-refractivity contribution in [2.24, 2.45) is 0 Å². The first-order valence-corrected chi connectivity index (χ1v) is 15.0. The first kappa shape index (κ1) is 24.0. The molecule has 204 valence electrons. The molecule has 1 aromatic carbocycles. The third-order valence-electron chi connectivity index (χ3n) is 10.3. The summed E-state index contributed by atoms with van der Waals surface area (Å²) in [7, 11) is 0. The van der Waals surface area contributed by atoms with Crippen LogP contribution in [0.4, 0.5) is 10.2 Å². The van der Waals surface area contributed by atoms with Crippen molar-refractivity contribution in [1.82, 2.24) is 25.2 Å². The second-order valence-corrected chi connectivity index (χ2v) is 12.6. The number of anilines is 1. The summed E-state index contributed by atoms with van der Waals surface area (Å²) in [6.07, 6.45) is 10.9. The average Bonchev–Trinajstić information content (AvgIpc) is 3.71. The lowest BCUT2D eigenvalue weighted by atomic mass is 9.95. The molecular formula is C31H37FN6O. The van der Waals surface area contributed by atoms with Gasteiger partial charge in [0, 0.05) is 36.9 Å². The molecule has 0 spiro atoms. The van der Waals surface area contributed by atoms with Crippen LogP contribution >= 0.6 is 0 Å². The van der Waals surface area contributed by atoms with E-state index in [2.05, 4.69) is 28.1 Å². The molecule has 3 unspecified atom stereocenters. The fraction of sp³-hybridized carbons (Fsp3) is 0.581. The minimum Gasteiger partial charge on any atom is -0.461 e. The number of hydrogen-bond acceptors (Lipinski definition) is 7. The molecule has 2 bridgehead atoms. The molecule has 6 heterocycles. The molecule has 39 heavy (non-hydrogen) atoms. The van der Waals surface area contributed by atoms with Gasteiger partial charge in [-0.1, -0.05) is 25.1 Å². The zero-order chi connectivity index (χ0) is 26.1. The van der Waals surface area contributed by atoms with E-state index in [0.717, 1.165) is 63.2 Å². The lowest BCUT2D eigenvalue weighted by molar-refractivity contribution is 0.108. The number of ether oxygens (including phenoxy) is 1. The van der Waals surface area contributed by atoms with E-state index in [4.69, 9.17) is 19.7 Å². The van der Waals surface area contributed by atoms with Gasteiger partial charge in [0.2, 0.25) is 0 Å². The van der Waals surface area contributed by atoms with Crippen molar-refractivity contribution in [2.45, 2.75) is 81.8 Å². The van der Waals surface area contributed by atoms with E-state index in [0.29, 0.717) is 47.2 Å². The molecule has 0 amide bonds. The molecule has 0 radical (unpaired) electrons. The van der Waals surface area contributed by atoms with Crippen molar-refractivity contribution in [2.75, 3.05) is 37.7 Å². The van der Waals surface area contributed by atoms with Gasteiger partial charge in [-0.15, -0.1) is 0 Å². The third-order valence-corrected chi connectivity index (χ3v) is 10.3. The smallest absolute Gasteiger partial charge is 0.319 e. The monoisotopic (exact) mass is 528 g/mol. The van der Waals surface area contributed by atoms with Gasteiger partial charge in [0.05, 0.1) is 10.9 Å². The molecule has 1 N–H and O–H groups in total. The van der Waals surface area contributed by atoms with Crippen molar-refractivity contribution in [3.05, 3.63) is 41.3 Å². The molecule has 3 aromatic rings. The number of aromatic nitrogens is 3. The molecule has 2 aromatic heterocycles. The minimum atomic E-state index is -0.367. The van der Waals surface area contributed by atoms with Crippen LogP contribution in [0.15, 0.2) is 24.4 Å². The Morgan fingerprint density at radius 3 is 2.67 bits per heavy atom. The molecule has 3 atom stereocenters. The predicted molar refractivity (Wildman–Crippen MR) is 150 cm³/mol. The van der Waals surface area contributed by atoms with Crippen molar-refractivity contribution in [3.63, 3.8) is 0 Å². The molecule has 4 fully saturated rings. The fourth-order valence-corrected chi connectivity index (χ4v) is 8.23. The Bertz CT molecular complexity index is 1420. The topological polar surface area (TPSA) is 66.4 Å². The number of nitrogens with one attached hydrogen (secondary N) is 1. The summed E-state index contributed by atoms with van der Waals surface area (Å²) < 4.78 is 22.9. The second-order valence-electron chi connectivity index (χ2n) is 12.6. The normalized spacial score (nSPS) is 27.3. The molecule has 7 nitrogen and oxygen atoms in total. The highest BCUT2D eigenvalue weighted by molar-refractivity contribution is 5.92. The van der Waals surface area contributed by atoms with Gasteiger partial charge in [0.1, 0.15) is 23.6 Å². The van der Waals surface area contributed by atoms with E-state index in [1.165, 1.54) is 36.8 Å². The van der Waals surface area contributed by atoms with Gasteiger partial charge in [0.25, 0.3) is 0 Å². The van der Waals surface area contributed by atoms with Gasteiger partial charge in [-0.25, -0.2) is 4.39 Å². The maximum Gasteiger partial charge on any atom is 0.319 e. The summed E-state index contributed by atoms with van der Waals surface area (Å²) in [5, 5.41) is 4.37. The van der Waals surface area contributed by atoms with Gasteiger partial charge < -0.3 is 15.0 Å². The van der Waals surface area contributed by atoms with Crippen LogP contribution in [0.1, 0.15) is 68.9 Å². The zero-order valence-corrected chi connectivity index (χ0v) is 22.8. The largest absolute Gasteiger partial charge is 0.461 e. The number of nitrogens with zero attached hydrogens (tertiary/aromatic N) is 5. The van der Waals surface area contributed by atoms with E-state index in [1.54, 1.807) is 6.20 Å². The van der Waals surface area contributed by atoms with Crippen molar-refractivity contribution >= 4 is 16.7 Å². The van der Waals surface area contributed by atoms with E-state index in [9.17, 15) is 0 Å². The fourth-order valence-electron chi connectivity index (χ4n) is 8.23. The maximum atomic E-state index is 16.5. The quantitative estimate of drug-likeness (QED) is 0.509. The Labute approximate surface area is 229 Å². The van der Waals surface area contributed by atoms with Crippen molar-refractivity contribution in [3.8, 4) is 17.3 Å². The summed E-state index contributed by atoms with van der Waals surface area (Å²) in [6, 6.07) is 7.39. The average molecular weight is 529 g/mol. The van der Waals surface area contributed by atoms with E-state index in [1.807, 2.05) is 12.1 Å². The molecule has 1 aliphatic carbocycles. The maximum absolute atomic E-state index is 16.5. The summed E-state index contributed by atoms with van der Waals surface area (Å²) in [5.74, 6) is 0.879. The molecule has 8 heteroatoms. The number of hydrogen-bond donors (Lipinski definition) is 1. The lowest BCUT2D eigenvalue weighted by Gasteiger charge is -2.34. The van der Waals surface area contributed by atoms with E-state index < -0.39 is 0 Å². The van der Waals surface area contributed by atoms with Gasteiger partial charge in [0.15, 0.2) is 5.82 Å². The second kappa shape index (κ2) is 9.10. The first-order valence-electron chi connectivity index (χ1n) is 15.0. The van der Waals surface area contributed by atoms with Gasteiger partial charge in [-0.05, 0) is 81.5 Å². The van der Waals surface area contributed by atoms with Crippen molar-refractivity contribution in [1.29, 1.82) is 0 Å². The predicted octanol–water partition coefficient (Wildman–Crippen LogP) is 4.83. The van der Waals surface area contributed by atoms with Crippen LogP contribution < -0.4 is 15.0 Å². The highest BCUT2D eigenvalue weighted by Crippen LogP contribution is 2.42. The van der Waals surface area contributed by atoms with E-state index in [-0.39, 0.29) is 11.4 Å². The number of pyridine rings is 1. The van der Waals surface area contributed by atoms with Crippen LogP contribution in [-0.2, 0) is 6.42 Å². The number of benzene rings is 1. The zero-order valence-electron chi connectivity index (χ0n) is 22.8. The van der Waals surface area contributed by atoms with Crippen LogP contribution in [0.25, 0.3) is 22.2 Å². The van der Waals surface area contributed by atoms with Gasteiger partial charge in [-0.2, -0.15) is 9.97 Å². The van der Waals surface area contributed by atoms with Crippen LogP contribution in [-0.4, -0.2) is 70.3 Å².